The van der Waals surface area contributed by atoms with E-state index >= 15 is 0 Å². The zero-order chi connectivity index (χ0) is 21.5. The Morgan fingerprint density at radius 1 is 1.10 bits per heavy atom. The third-order valence-electron chi connectivity index (χ3n) is 4.91. The summed E-state index contributed by atoms with van der Waals surface area (Å²) in [5, 5.41) is 4.38. The number of ether oxygens (including phenoxy) is 2. The molecule has 3 rings (SSSR count). The van der Waals surface area contributed by atoms with Crippen LogP contribution in [0.15, 0.2) is 54.9 Å². The smallest absolute Gasteiger partial charge is 0.222 e. The fourth-order valence-corrected chi connectivity index (χ4v) is 3.22. The average molecular weight is 411 g/mol. The van der Waals surface area contributed by atoms with Gasteiger partial charge in [-0.2, -0.15) is 5.10 Å². The number of hydrogen-bond acceptors (Lipinski definition) is 4. The van der Waals surface area contributed by atoms with Gasteiger partial charge >= 0.3 is 0 Å². The van der Waals surface area contributed by atoms with Crippen molar-refractivity contribution in [1.29, 1.82) is 0 Å². The Kier molecular flexibility index (Phi) is 7.06. The molecule has 0 bridgehead atoms. The maximum absolute atomic E-state index is 13.5. The molecule has 1 amide bonds. The molecule has 1 aromatic heterocycles. The summed E-state index contributed by atoms with van der Waals surface area (Å²) in [5.74, 6) is 1.02. The number of rotatable bonds is 9. The molecule has 0 saturated carbocycles. The number of aryl methyl sites for hydroxylation is 1. The van der Waals surface area contributed by atoms with Gasteiger partial charge in [0, 0.05) is 43.9 Å². The van der Waals surface area contributed by atoms with E-state index in [2.05, 4.69) is 5.10 Å². The van der Waals surface area contributed by atoms with Crippen LogP contribution < -0.4 is 9.47 Å². The molecule has 0 aliphatic rings. The topological polar surface area (TPSA) is 56.6 Å². The minimum absolute atomic E-state index is 0.0103. The van der Waals surface area contributed by atoms with Crippen molar-refractivity contribution in [3.63, 3.8) is 0 Å². The van der Waals surface area contributed by atoms with Crippen molar-refractivity contribution in [3.8, 4) is 22.6 Å². The van der Waals surface area contributed by atoms with Gasteiger partial charge in [-0.1, -0.05) is 12.1 Å². The molecule has 158 valence electrons. The van der Waals surface area contributed by atoms with Crippen LogP contribution in [0.2, 0.25) is 0 Å². The summed E-state index contributed by atoms with van der Waals surface area (Å²) in [6, 6.07) is 12.1. The summed E-state index contributed by atoms with van der Waals surface area (Å²) in [4.78, 5) is 14.0. The molecular weight excluding hydrogens is 385 g/mol. The molecule has 0 spiro atoms. The van der Waals surface area contributed by atoms with Crippen LogP contribution >= 0.6 is 0 Å². The maximum Gasteiger partial charge on any atom is 0.222 e. The second-order valence-electron chi connectivity index (χ2n) is 7.03. The van der Waals surface area contributed by atoms with Crippen molar-refractivity contribution in [2.75, 3.05) is 21.3 Å². The Morgan fingerprint density at radius 2 is 1.87 bits per heavy atom. The lowest BCUT2D eigenvalue weighted by Gasteiger charge is -2.19. The maximum atomic E-state index is 13.5. The van der Waals surface area contributed by atoms with Gasteiger partial charge in [-0.05, 0) is 42.3 Å². The normalized spacial score (nSPS) is 10.7. The van der Waals surface area contributed by atoms with E-state index in [1.165, 1.54) is 19.2 Å². The molecule has 0 N–H and O–H groups in total. The number of aromatic nitrogens is 2. The number of amides is 1. The van der Waals surface area contributed by atoms with E-state index in [0.717, 1.165) is 16.9 Å². The monoisotopic (exact) mass is 411 g/mol. The van der Waals surface area contributed by atoms with E-state index < -0.39 is 0 Å². The molecule has 30 heavy (non-hydrogen) atoms. The van der Waals surface area contributed by atoms with Gasteiger partial charge < -0.3 is 14.4 Å². The van der Waals surface area contributed by atoms with Crippen LogP contribution in [0.5, 0.6) is 11.5 Å². The Hall–Kier alpha value is -3.35. The van der Waals surface area contributed by atoms with Gasteiger partial charge in [-0.3, -0.25) is 9.48 Å². The molecule has 0 aliphatic carbocycles. The van der Waals surface area contributed by atoms with Crippen LogP contribution in [-0.4, -0.2) is 41.9 Å². The van der Waals surface area contributed by atoms with E-state index in [0.29, 0.717) is 37.2 Å². The fraction of sp³-hybridized carbons (Fsp3) is 0.304. The minimum atomic E-state index is -0.349. The summed E-state index contributed by atoms with van der Waals surface area (Å²) in [7, 11) is 4.88. The molecule has 1 heterocycles. The van der Waals surface area contributed by atoms with Gasteiger partial charge in [0.2, 0.25) is 5.91 Å². The molecule has 0 fully saturated rings. The number of benzene rings is 2. The van der Waals surface area contributed by atoms with Crippen LogP contribution in [-0.2, 0) is 17.9 Å². The van der Waals surface area contributed by atoms with Gasteiger partial charge in [0.05, 0.1) is 20.4 Å². The Morgan fingerprint density at radius 3 is 2.57 bits per heavy atom. The number of nitrogens with zero attached hydrogens (tertiary/aromatic N) is 3. The summed E-state index contributed by atoms with van der Waals surface area (Å²) >= 11 is 0. The van der Waals surface area contributed by atoms with E-state index in [-0.39, 0.29) is 11.7 Å². The van der Waals surface area contributed by atoms with Crippen LogP contribution in [0.25, 0.3) is 11.1 Å². The Labute approximate surface area is 175 Å². The van der Waals surface area contributed by atoms with Crippen molar-refractivity contribution in [3.05, 3.63) is 66.2 Å². The lowest BCUT2D eigenvalue weighted by atomic mass is 10.1. The second kappa shape index (κ2) is 9.91. The van der Waals surface area contributed by atoms with Gasteiger partial charge in [0.25, 0.3) is 0 Å². The first-order valence-corrected chi connectivity index (χ1v) is 9.73. The van der Waals surface area contributed by atoms with E-state index in [4.69, 9.17) is 9.47 Å². The summed E-state index contributed by atoms with van der Waals surface area (Å²) in [6.07, 6.45) is 4.82. The van der Waals surface area contributed by atoms with Crippen molar-refractivity contribution in [2.24, 2.45) is 0 Å². The van der Waals surface area contributed by atoms with Crippen molar-refractivity contribution in [1.82, 2.24) is 14.7 Å². The first-order valence-electron chi connectivity index (χ1n) is 9.73. The molecule has 7 heteroatoms. The standard InChI is InChI=1S/C23H26FN3O3/c1-26(15-18-13-20(24)8-11-22(18)30-3)23(28)5-4-12-27-16-19(14-25-27)17-6-9-21(29-2)10-7-17/h6-11,13-14,16H,4-5,12,15H2,1-3H3. The highest BCUT2D eigenvalue weighted by molar-refractivity contribution is 5.75. The molecule has 0 radical (unpaired) electrons. The third kappa shape index (κ3) is 5.37. The molecule has 0 unspecified atom stereocenters. The van der Waals surface area contributed by atoms with Gasteiger partial charge in [0.1, 0.15) is 17.3 Å². The number of carbonyl (C=O) groups is 1. The lowest BCUT2D eigenvalue weighted by Crippen LogP contribution is -2.26. The predicted octanol–water partition coefficient (Wildman–Crippen LogP) is 4.15. The molecule has 0 saturated heterocycles. The average Bonchev–Trinajstić information content (AvgIpc) is 3.22. The summed E-state index contributed by atoms with van der Waals surface area (Å²) in [5.41, 5.74) is 2.71. The number of hydrogen-bond donors (Lipinski definition) is 0. The van der Waals surface area contributed by atoms with E-state index in [1.807, 2.05) is 41.3 Å². The van der Waals surface area contributed by atoms with Crippen molar-refractivity contribution < 1.29 is 18.7 Å². The highest BCUT2D eigenvalue weighted by Gasteiger charge is 2.13. The molecule has 0 aliphatic heterocycles. The third-order valence-corrected chi connectivity index (χ3v) is 4.91. The van der Waals surface area contributed by atoms with Gasteiger partial charge in [-0.15, -0.1) is 0 Å². The van der Waals surface area contributed by atoms with Crippen LogP contribution in [0.3, 0.4) is 0 Å². The molecule has 3 aromatic rings. The lowest BCUT2D eigenvalue weighted by molar-refractivity contribution is -0.130. The molecule has 6 nitrogen and oxygen atoms in total. The van der Waals surface area contributed by atoms with E-state index in [9.17, 15) is 9.18 Å². The quantitative estimate of drug-likeness (QED) is 0.531. The van der Waals surface area contributed by atoms with Gasteiger partial charge in [0.15, 0.2) is 0 Å². The van der Waals surface area contributed by atoms with Gasteiger partial charge in [-0.25, -0.2) is 4.39 Å². The zero-order valence-corrected chi connectivity index (χ0v) is 17.5. The minimum Gasteiger partial charge on any atom is -0.497 e. The molecule has 2 aromatic carbocycles. The first-order chi connectivity index (χ1) is 14.5. The zero-order valence-electron chi connectivity index (χ0n) is 17.5. The highest BCUT2D eigenvalue weighted by Crippen LogP contribution is 2.22. The summed E-state index contributed by atoms with van der Waals surface area (Å²) < 4.78 is 25.8. The number of methoxy groups -OCH3 is 2. The summed E-state index contributed by atoms with van der Waals surface area (Å²) in [6.45, 7) is 0.933. The van der Waals surface area contributed by atoms with Crippen LogP contribution in [0.4, 0.5) is 4.39 Å². The van der Waals surface area contributed by atoms with E-state index in [1.54, 1.807) is 25.1 Å². The molecular formula is C23H26FN3O3. The second-order valence-corrected chi connectivity index (χ2v) is 7.03. The molecule has 0 atom stereocenters. The SMILES string of the molecule is COc1ccc(-c2cnn(CCCC(=O)N(C)Cc3cc(F)ccc3OC)c2)cc1. The fourth-order valence-electron chi connectivity index (χ4n) is 3.22. The first kappa shape index (κ1) is 21.4. The van der Waals surface area contributed by atoms with Crippen LogP contribution in [0, 0.1) is 5.82 Å². The number of halogens is 1. The number of carbonyl (C=O) groups excluding carboxylic acids is 1. The van der Waals surface area contributed by atoms with Crippen molar-refractivity contribution in [2.45, 2.75) is 25.9 Å². The van der Waals surface area contributed by atoms with Crippen LogP contribution in [0.1, 0.15) is 18.4 Å². The predicted molar refractivity (Wildman–Crippen MR) is 113 cm³/mol. The highest BCUT2D eigenvalue weighted by atomic mass is 19.1. The Bertz CT molecular complexity index is 986. The largest absolute Gasteiger partial charge is 0.497 e. The van der Waals surface area contributed by atoms with Crippen molar-refractivity contribution >= 4 is 5.91 Å². The Balaban J connectivity index is 1.51.